The summed E-state index contributed by atoms with van der Waals surface area (Å²) in [5, 5.41) is 8.48. The summed E-state index contributed by atoms with van der Waals surface area (Å²) in [4.78, 5) is 12.4. The summed E-state index contributed by atoms with van der Waals surface area (Å²) in [6, 6.07) is 3.61. The maximum atomic E-state index is 12.4. The number of hydrogen-bond donors (Lipinski definition) is 0. The van der Waals surface area contributed by atoms with Gasteiger partial charge in [0.1, 0.15) is 11.4 Å². The van der Waals surface area contributed by atoms with Crippen LogP contribution in [0.25, 0.3) is 0 Å². The predicted octanol–water partition coefficient (Wildman–Crippen LogP) is 1.82. The lowest BCUT2D eigenvalue weighted by molar-refractivity contribution is 0.102. The zero-order valence-electron chi connectivity index (χ0n) is 11.1. The van der Waals surface area contributed by atoms with Crippen LogP contribution in [0.15, 0.2) is 18.3 Å². The zero-order valence-corrected chi connectivity index (χ0v) is 11.1. The number of aromatic nitrogens is 4. The molecule has 0 bridgehead atoms. The van der Waals surface area contributed by atoms with Crippen LogP contribution in [0.5, 0.6) is 0 Å². The molecule has 0 atom stereocenters. The second kappa shape index (κ2) is 5.16. The summed E-state index contributed by atoms with van der Waals surface area (Å²) in [6.07, 6.45) is 3.45. The Morgan fingerprint density at radius 3 is 2.72 bits per heavy atom. The molecule has 0 amide bonds. The molecule has 0 radical (unpaired) electrons. The fourth-order valence-electron chi connectivity index (χ4n) is 1.96. The highest BCUT2D eigenvalue weighted by atomic mass is 16.1. The fraction of sp³-hybridized carbons (Fsp3) is 0.462. The number of carbonyl (C=O) groups is 1. The van der Waals surface area contributed by atoms with Crippen molar-refractivity contribution in [2.24, 2.45) is 7.05 Å². The predicted molar refractivity (Wildman–Crippen MR) is 68.5 cm³/mol. The van der Waals surface area contributed by atoms with Crippen LogP contribution in [0.3, 0.4) is 0 Å². The number of nitrogens with zero attached hydrogens (tertiary/aromatic N) is 4. The first-order chi connectivity index (χ1) is 8.67. The molecular weight excluding hydrogens is 228 g/mol. The van der Waals surface area contributed by atoms with E-state index in [2.05, 4.69) is 17.1 Å². The van der Waals surface area contributed by atoms with Crippen LogP contribution in [-0.2, 0) is 20.0 Å². The molecule has 5 heteroatoms. The Morgan fingerprint density at radius 1 is 1.33 bits per heavy atom. The van der Waals surface area contributed by atoms with Crippen LogP contribution in [0.1, 0.15) is 42.1 Å². The third-order valence-electron chi connectivity index (χ3n) is 2.91. The monoisotopic (exact) mass is 246 g/mol. The van der Waals surface area contributed by atoms with E-state index < -0.39 is 0 Å². The molecule has 0 spiro atoms. The number of aryl methyl sites for hydroxylation is 3. The minimum atomic E-state index is -0.0179. The van der Waals surface area contributed by atoms with Crippen molar-refractivity contribution in [2.45, 2.75) is 33.2 Å². The van der Waals surface area contributed by atoms with Crippen LogP contribution < -0.4 is 0 Å². The van der Waals surface area contributed by atoms with Crippen molar-refractivity contribution in [3.05, 3.63) is 35.4 Å². The van der Waals surface area contributed by atoms with Crippen molar-refractivity contribution in [3.63, 3.8) is 0 Å². The molecule has 0 unspecified atom stereocenters. The fourth-order valence-corrected chi connectivity index (χ4v) is 1.96. The Balaban J connectivity index is 2.35. The highest BCUT2D eigenvalue weighted by Gasteiger charge is 2.18. The molecule has 2 aromatic heterocycles. The molecule has 0 aliphatic rings. The van der Waals surface area contributed by atoms with Gasteiger partial charge in [-0.1, -0.05) is 13.8 Å². The molecule has 0 saturated heterocycles. The molecule has 18 heavy (non-hydrogen) atoms. The third-order valence-corrected chi connectivity index (χ3v) is 2.91. The number of ketones is 1. The van der Waals surface area contributed by atoms with Gasteiger partial charge in [-0.3, -0.25) is 14.2 Å². The summed E-state index contributed by atoms with van der Waals surface area (Å²) in [6.45, 7) is 4.85. The lowest BCUT2D eigenvalue weighted by atomic mass is 10.2. The summed E-state index contributed by atoms with van der Waals surface area (Å²) in [5.41, 5.74) is 2.18. The van der Waals surface area contributed by atoms with Gasteiger partial charge < -0.3 is 0 Å². The first kappa shape index (κ1) is 12.5. The van der Waals surface area contributed by atoms with E-state index in [1.54, 1.807) is 28.7 Å². The normalized spacial score (nSPS) is 10.8. The van der Waals surface area contributed by atoms with Crippen molar-refractivity contribution in [2.75, 3.05) is 0 Å². The topological polar surface area (TPSA) is 52.7 Å². The van der Waals surface area contributed by atoms with Crippen LogP contribution in [0.2, 0.25) is 0 Å². The molecule has 0 saturated carbocycles. The highest BCUT2D eigenvalue weighted by Crippen LogP contribution is 2.11. The van der Waals surface area contributed by atoms with Gasteiger partial charge in [0.05, 0.1) is 5.69 Å². The van der Waals surface area contributed by atoms with Crippen LogP contribution in [-0.4, -0.2) is 25.3 Å². The van der Waals surface area contributed by atoms with E-state index in [1.165, 1.54) is 0 Å². The quantitative estimate of drug-likeness (QED) is 0.756. The van der Waals surface area contributed by atoms with E-state index >= 15 is 0 Å². The van der Waals surface area contributed by atoms with Crippen molar-refractivity contribution >= 4 is 5.78 Å². The molecule has 0 aliphatic carbocycles. The summed E-state index contributed by atoms with van der Waals surface area (Å²) < 4.78 is 3.39. The van der Waals surface area contributed by atoms with Gasteiger partial charge in [0, 0.05) is 19.8 Å². The van der Waals surface area contributed by atoms with Crippen molar-refractivity contribution in [1.82, 2.24) is 19.6 Å². The Labute approximate surface area is 106 Å². The van der Waals surface area contributed by atoms with E-state index in [0.717, 1.165) is 25.1 Å². The minimum Gasteiger partial charge on any atom is -0.285 e. The van der Waals surface area contributed by atoms with Gasteiger partial charge in [-0.15, -0.1) is 0 Å². The Hall–Kier alpha value is -1.91. The van der Waals surface area contributed by atoms with Gasteiger partial charge in [-0.05, 0) is 25.0 Å². The largest absolute Gasteiger partial charge is 0.285 e. The van der Waals surface area contributed by atoms with Gasteiger partial charge in [0.15, 0.2) is 0 Å². The van der Waals surface area contributed by atoms with Gasteiger partial charge in [-0.25, -0.2) is 0 Å². The second-order valence-electron chi connectivity index (χ2n) is 4.27. The Bertz CT molecular complexity index is 553. The lowest BCUT2D eigenvalue weighted by Gasteiger charge is -2.05. The molecule has 0 N–H and O–H groups in total. The summed E-state index contributed by atoms with van der Waals surface area (Å²) >= 11 is 0. The van der Waals surface area contributed by atoms with Gasteiger partial charge in [0.2, 0.25) is 5.78 Å². The zero-order chi connectivity index (χ0) is 13.1. The first-order valence-corrected chi connectivity index (χ1v) is 6.26. The molecule has 0 fully saturated rings. The molecular formula is C13H18N4O. The van der Waals surface area contributed by atoms with E-state index in [1.807, 2.05) is 13.0 Å². The Morgan fingerprint density at radius 2 is 2.11 bits per heavy atom. The highest BCUT2D eigenvalue weighted by molar-refractivity contribution is 6.06. The van der Waals surface area contributed by atoms with Crippen LogP contribution >= 0.6 is 0 Å². The molecule has 2 rings (SSSR count). The summed E-state index contributed by atoms with van der Waals surface area (Å²) in [7, 11) is 1.80. The maximum Gasteiger partial charge on any atom is 0.228 e. The maximum absolute atomic E-state index is 12.4. The van der Waals surface area contributed by atoms with Crippen LogP contribution in [0, 0.1) is 0 Å². The van der Waals surface area contributed by atoms with Gasteiger partial charge in [-0.2, -0.15) is 10.2 Å². The molecule has 96 valence electrons. The second-order valence-corrected chi connectivity index (χ2v) is 4.27. The first-order valence-electron chi connectivity index (χ1n) is 6.26. The van der Waals surface area contributed by atoms with Crippen LogP contribution in [0.4, 0.5) is 0 Å². The van der Waals surface area contributed by atoms with Crippen molar-refractivity contribution in [3.8, 4) is 0 Å². The van der Waals surface area contributed by atoms with E-state index in [4.69, 9.17) is 0 Å². The molecule has 0 aliphatic heterocycles. The van der Waals surface area contributed by atoms with E-state index in [-0.39, 0.29) is 5.78 Å². The third kappa shape index (κ3) is 2.20. The molecule has 2 heterocycles. The minimum absolute atomic E-state index is 0.0179. The van der Waals surface area contributed by atoms with E-state index in [9.17, 15) is 4.79 Å². The summed E-state index contributed by atoms with van der Waals surface area (Å²) in [5.74, 6) is -0.0179. The standard InChI is InChI=1S/C13H18N4O/c1-4-8-17-11(6-7-14-17)13(18)12-9-10(5-2)15-16(12)3/h6-7,9H,4-5,8H2,1-3H3. The number of hydrogen-bond acceptors (Lipinski definition) is 3. The number of rotatable bonds is 5. The average Bonchev–Trinajstić information content (AvgIpc) is 2.95. The smallest absolute Gasteiger partial charge is 0.228 e. The molecule has 2 aromatic rings. The lowest BCUT2D eigenvalue weighted by Crippen LogP contribution is -2.14. The molecule has 0 aromatic carbocycles. The van der Waals surface area contributed by atoms with E-state index in [0.29, 0.717) is 11.4 Å². The molecule has 5 nitrogen and oxygen atoms in total. The van der Waals surface area contributed by atoms with Gasteiger partial charge >= 0.3 is 0 Å². The number of carbonyl (C=O) groups excluding carboxylic acids is 1. The Kier molecular flexibility index (Phi) is 3.60. The average molecular weight is 246 g/mol. The van der Waals surface area contributed by atoms with Crippen molar-refractivity contribution < 1.29 is 4.79 Å². The van der Waals surface area contributed by atoms with Gasteiger partial charge in [0.25, 0.3) is 0 Å². The SMILES string of the molecule is CCCn1nccc1C(=O)c1cc(CC)nn1C. The van der Waals surface area contributed by atoms with Crippen molar-refractivity contribution in [1.29, 1.82) is 0 Å².